The number of halogens is 1. The van der Waals surface area contributed by atoms with E-state index in [0.29, 0.717) is 25.6 Å². The molecule has 0 unspecified atom stereocenters. The number of hydrogen-bond donors (Lipinski definition) is 0. The summed E-state index contributed by atoms with van der Waals surface area (Å²) < 4.78 is 14.6. The molecular formula is C23H22FN5O3. The Balaban J connectivity index is 1.41. The lowest BCUT2D eigenvalue weighted by Gasteiger charge is -2.42. The van der Waals surface area contributed by atoms with Crippen molar-refractivity contribution in [2.75, 3.05) is 26.2 Å². The Hall–Kier alpha value is -3.59. The number of non-ortho nitro benzene ring substituents is 1. The van der Waals surface area contributed by atoms with Gasteiger partial charge in [-0.1, -0.05) is 30.3 Å². The number of rotatable bonds is 5. The monoisotopic (exact) mass is 435 g/mol. The number of fused-ring (bicyclic) bond motifs is 2. The van der Waals surface area contributed by atoms with E-state index in [9.17, 15) is 19.3 Å². The fraction of sp³-hybridized carbons (Fsp3) is 0.304. The van der Waals surface area contributed by atoms with Crippen LogP contribution in [0.5, 0.6) is 0 Å². The van der Waals surface area contributed by atoms with Crippen LogP contribution in [-0.2, 0) is 17.9 Å². The largest absolute Gasteiger partial charge is 0.314 e. The predicted octanol–water partition coefficient (Wildman–Crippen LogP) is 2.91. The van der Waals surface area contributed by atoms with Crippen LogP contribution in [0.2, 0.25) is 0 Å². The van der Waals surface area contributed by atoms with E-state index in [1.54, 1.807) is 0 Å². The van der Waals surface area contributed by atoms with E-state index in [4.69, 9.17) is 0 Å². The zero-order valence-corrected chi connectivity index (χ0v) is 17.4. The highest BCUT2D eigenvalue weighted by Gasteiger charge is 2.41. The van der Waals surface area contributed by atoms with Crippen LogP contribution in [0.4, 0.5) is 10.1 Å². The summed E-state index contributed by atoms with van der Waals surface area (Å²) in [6, 6.07) is 13.6. The van der Waals surface area contributed by atoms with E-state index in [1.165, 1.54) is 22.6 Å². The molecule has 0 saturated heterocycles. The summed E-state index contributed by atoms with van der Waals surface area (Å²) in [5.41, 5.74) is 2.82. The minimum Gasteiger partial charge on any atom is -0.314 e. The van der Waals surface area contributed by atoms with Crippen molar-refractivity contribution in [2.45, 2.75) is 19.5 Å². The van der Waals surface area contributed by atoms with Gasteiger partial charge in [-0.15, -0.1) is 0 Å². The molecule has 9 heteroatoms. The lowest BCUT2D eigenvalue weighted by atomic mass is 10.00. The van der Waals surface area contributed by atoms with E-state index in [1.807, 2.05) is 18.2 Å². The van der Waals surface area contributed by atoms with Crippen LogP contribution in [0.3, 0.4) is 0 Å². The zero-order valence-electron chi connectivity index (χ0n) is 17.4. The summed E-state index contributed by atoms with van der Waals surface area (Å²) >= 11 is 0. The summed E-state index contributed by atoms with van der Waals surface area (Å²) in [6.45, 7) is 3.37. The molecule has 0 aromatic heterocycles. The number of carbonyl (C=O) groups excluding carboxylic acids is 1. The van der Waals surface area contributed by atoms with Crippen LogP contribution in [0.1, 0.15) is 17.5 Å². The predicted molar refractivity (Wildman–Crippen MR) is 116 cm³/mol. The molecule has 2 aromatic carbocycles. The first-order valence-electron chi connectivity index (χ1n) is 10.6. The van der Waals surface area contributed by atoms with Crippen LogP contribution < -0.4 is 0 Å². The van der Waals surface area contributed by atoms with Gasteiger partial charge >= 0.3 is 0 Å². The van der Waals surface area contributed by atoms with Crippen molar-refractivity contribution in [3.05, 3.63) is 86.9 Å². The second kappa shape index (κ2) is 8.16. The average molecular weight is 435 g/mol. The van der Waals surface area contributed by atoms with Gasteiger partial charge in [-0.2, -0.15) is 0 Å². The minimum absolute atomic E-state index is 0.0204. The summed E-state index contributed by atoms with van der Waals surface area (Å²) in [5, 5.41) is 10.9. The van der Waals surface area contributed by atoms with Crippen molar-refractivity contribution in [1.29, 1.82) is 0 Å². The van der Waals surface area contributed by atoms with Crippen LogP contribution in [0, 0.1) is 15.9 Å². The molecule has 0 spiro atoms. The molecular weight excluding hydrogens is 413 g/mol. The maximum absolute atomic E-state index is 14.6. The van der Waals surface area contributed by atoms with Gasteiger partial charge in [0.2, 0.25) is 5.96 Å². The standard InChI is InChI=1S/C23H22FN5O3/c24-20-12-18(29(31)32)7-6-17(20)14-28-22(30)19-15-26(13-16-4-2-1-3-5-16)10-8-21(19)27-11-9-25-23(27)28/h1-7,12H,8-11,13-15H2. The van der Waals surface area contributed by atoms with Crippen molar-refractivity contribution >= 4 is 17.6 Å². The Morgan fingerprint density at radius 3 is 2.66 bits per heavy atom. The molecule has 5 rings (SSSR count). The molecule has 2 aromatic rings. The van der Waals surface area contributed by atoms with Crippen molar-refractivity contribution in [3.63, 3.8) is 0 Å². The molecule has 8 nitrogen and oxygen atoms in total. The molecule has 3 heterocycles. The van der Waals surface area contributed by atoms with Crippen LogP contribution in [-0.4, -0.2) is 57.7 Å². The van der Waals surface area contributed by atoms with E-state index in [-0.39, 0.29) is 23.7 Å². The molecule has 0 atom stereocenters. The third-order valence-corrected chi connectivity index (χ3v) is 6.11. The maximum Gasteiger partial charge on any atom is 0.272 e. The number of carbonyl (C=O) groups is 1. The number of benzene rings is 2. The van der Waals surface area contributed by atoms with Gasteiger partial charge < -0.3 is 4.90 Å². The Labute approximate surface area is 184 Å². The Morgan fingerprint density at radius 2 is 1.91 bits per heavy atom. The van der Waals surface area contributed by atoms with Gasteiger partial charge in [-0.25, -0.2) is 4.39 Å². The van der Waals surface area contributed by atoms with E-state index in [0.717, 1.165) is 36.8 Å². The first-order chi connectivity index (χ1) is 15.5. The second-order valence-electron chi connectivity index (χ2n) is 8.13. The fourth-order valence-electron chi connectivity index (χ4n) is 4.54. The average Bonchev–Trinajstić information content (AvgIpc) is 3.28. The maximum atomic E-state index is 14.6. The van der Waals surface area contributed by atoms with Gasteiger partial charge in [-0.3, -0.25) is 29.7 Å². The molecule has 3 aliphatic heterocycles. The van der Waals surface area contributed by atoms with Gasteiger partial charge in [-0.05, 0) is 11.6 Å². The zero-order chi connectivity index (χ0) is 22.2. The van der Waals surface area contributed by atoms with Gasteiger partial charge in [0.15, 0.2) is 0 Å². The Kier molecular flexibility index (Phi) is 5.18. The topological polar surface area (TPSA) is 82.3 Å². The van der Waals surface area contributed by atoms with Crippen LogP contribution in [0.25, 0.3) is 0 Å². The molecule has 1 amide bonds. The fourth-order valence-corrected chi connectivity index (χ4v) is 4.54. The molecule has 0 radical (unpaired) electrons. The SMILES string of the molecule is O=C1C2=C(CCN(Cc3ccccc3)C2)N2CCN=C2N1Cc1ccc([N+](=O)[O-])cc1F. The van der Waals surface area contributed by atoms with Gasteiger partial charge in [0.1, 0.15) is 5.82 Å². The summed E-state index contributed by atoms with van der Waals surface area (Å²) in [5.74, 6) is -0.332. The number of amides is 1. The van der Waals surface area contributed by atoms with Crippen molar-refractivity contribution in [3.8, 4) is 0 Å². The normalized spacial score (nSPS) is 18.5. The highest BCUT2D eigenvalue weighted by atomic mass is 19.1. The van der Waals surface area contributed by atoms with Crippen molar-refractivity contribution in [1.82, 2.24) is 14.7 Å². The Morgan fingerprint density at radius 1 is 1.09 bits per heavy atom. The Bertz CT molecular complexity index is 1150. The third-order valence-electron chi connectivity index (χ3n) is 6.11. The summed E-state index contributed by atoms with van der Waals surface area (Å²) in [4.78, 5) is 34.1. The summed E-state index contributed by atoms with van der Waals surface area (Å²) in [6.07, 6.45) is 0.757. The van der Waals surface area contributed by atoms with Gasteiger partial charge in [0.05, 0.1) is 29.7 Å². The van der Waals surface area contributed by atoms with Crippen LogP contribution in [0.15, 0.2) is 64.8 Å². The van der Waals surface area contributed by atoms with E-state index >= 15 is 0 Å². The molecule has 0 aliphatic carbocycles. The number of hydrogen-bond acceptors (Lipinski definition) is 6. The van der Waals surface area contributed by atoms with Crippen molar-refractivity contribution in [2.24, 2.45) is 4.99 Å². The molecule has 32 heavy (non-hydrogen) atoms. The van der Waals surface area contributed by atoms with Gasteiger partial charge in [0, 0.05) is 49.9 Å². The first-order valence-corrected chi connectivity index (χ1v) is 10.6. The number of guanidine groups is 1. The van der Waals surface area contributed by atoms with E-state index < -0.39 is 10.7 Å². The smallest absolute Gasteiger partial charge is 0.272 e. The van der Waals surface area contributed by atoms with Crippen molar-refractivity contribution < 1.29 is 14.1 Å². The molecule has 164 valence electrons. The molecule has 0 N–H and O–H groups in total. The second-order valence-corrected chi connectivity index (χ2v) is 8.13. The number of nitrogens with zero attached hydrogens (tertiary/aromatic N) is 5. The van der Waals surface area contributed by atoms with E-state index in [2.05, 4.69) is 26.9 Å². The molecule has 0 fully saturated rings. The molecule has 0 bridgehead atoms. The minimum atomic E-state index is -0.703. The van der Waals surface area contributed by atoms with Crippen LogP contribution >= 0.6 is 0 Å². The lowest BCUT2D eigenvalue weighted by Crippen LogP contribution is -2.53. The highest BCUT2D eigenvalue weighted by molar-refractivity contribution is 6.09. The highest BCUT2D eigenvalue weighted by Crippen LogP contribution is 2.32. The summed E-state index contributed by atoms with van der Waals surface area (Å²) in [7, 11) is 0. The quantitative estimate of drug-likeness (QED) is 0.533. The number of aliphatic imine (C=N–C) groups is 1. The third kappa shape index (κ3) is 3.64. The van der Waals surface area contributed by atoms with Gasteiger partial charge in [0.25, 0.3) is 11.6 Å². The first kappa shape index (κ1) is 20.3. The lowest BCUT2D eigenvalue weighted by molar-refractivity contribution is -0.385. The number of nitro groups is 1. The molecule has 0 saturated carbocycles. The molecule has 3 aliphatic rings. The number of nitro benzene ring substituents is 1.